The molecule has 4 rings (SSSR count). The van der Waals surface area contributed by atoms with Crippen LogP contribution in [0.4, 0.5) is 0 Å². The fourth-order valence-electron chi connectivity index (χ4n) is 3.56. The van der Waals surface area contributed by atoms with Crippen molar-refractivity contribution in [2.75, 3.05) is 26.3 Å². The summed E-state index contributed by atoms with van der Waals surface area (Å²) in [5, 5.41) is 0.876. The summed E-state index contributed by atoms with van der Waals surface area (Å²) in [7, 11) is -3.49. The summed E-state index contributed by atoms with van der Waals surface area (Å²) in [6, 6.07) is 13.6. The molecule has 30 heavy (non-hydrogen) atoms. The zero-order chi connectivity index (χ0) is 21.1. The number of sulfonamides is 1. The van der Waals surface area contributed by atoms with Crippen LogP contribution in [0, 0.1) is 13.8 Å². The number of nitrogens with zero attached hydrogens (tertiary/aromatic N) is 3. The first kappa shape index (κ1) is 21.1. The third kappa shape index (κ3) is 4.62. The van der Waals surface area contributed by atoms with Gasteiger partial charge < -0.3 is 4.74 Å². The van der Waals surface area contributed by atoms with Crippen LogP contribution in [-0.2, 0) is 20.5 Å². The molecule has 1 aromatic heterocycles. The van der Waals surface area contributed by atoms with Crippen LogP contribution >= 0.6 is 11.8 Å². The quantitative estimate of drug-likeness (QED) is 0.542. The highest BCUT2D eigenvalue weighted by Gasteiger charge is 2.26. The van der Waals surface area contributed by atoms with E-state index in [1.165, 1.54) is 15.4 Å². The molecule has 6 nitrogen and oxygen atoms in total. The standard InChI is InChI=1S/C22H25N3O3S2/c1-17-12-18(2)14-20(13-17)25-7-6-23-22(25)29-16-19-4-3-5-21(15-19)30(26,27)24-8-10-28-11-9-24/h3-7,12-15H,8-11,16H2,1-2H3. The Hall–Kier alpha value is -2.13. The lowest BCUT2D eigenvalue weighted by molar-refractivity contribution is 0.0730. The van der Waals surface area contributed by atoms with Crippen LogP contribution in [0.25, 0.3) is 5.69 Å². The van der Waals surface area contributed by atoms with Crippen molar-refractivity contribution in [3.63, 3.8) is 0 Å². The van der Waals surface area contributed by atoms with E-state index in [0.717, 1.165) is 16.4 Å². The fourth-order valence-corrected chi connectivity index (χ4v) is 5.96. The van der Waals surface area contributed by atoms with Gasteiger partial charge in [-0.05, 0) is 54.8 Å². The van der Waals surface area contributed by atoms with Crippen LogP contribution in [0.5, 0.6) is 0 Å². The molecule has 2 heterocycles. The Balaban J connectivity index is 1.52. The Morgan fingerprint density at radius 2 is 1.80 bits per heavy atom. The van der Waals surface area contributed by atoms with Gasteiger partial charge in [-0.2, -0.15) is 4.31 Å². The minimum atomic E-state index is -3.49. The van der Waals surface area contributed by atoms with Gasteiger partial charge in [0.05, 0.1) is 18.1 Å². The van der Waals surface area contributed by atoms with Crippen molar-refractivity contribution in [1.29, 1.82) is 0 Å². The van der Waals surface area contributed by atoms with Gasteiger partial charge in [-0.1, -0.05) is 30.0 Å². The molecule has 0 aliphatic carbocycles. The van der Waals surface area contributed by atoms with Gasteiger partial charge in [0.1, 0.15) is 0 Å². The van der Waals surface area contributed by atoms with Crippen LogP contribution in [0.1, 0.15) is 16.7 Å². The molecule has 8 heteroatoms. The lowest BCUT2D eigenvalue weighted by atomic mass is 10.1. The van der Waals surface area contributed by atoms with E-state index in [-0.39, 0.29) is 0 Å². The van der Waals surface area contributed by atoms with Gasteiger partial charge in [0.2, 0.25) is 10.0 Å². The molecule has 2 aromatic carbocycles. The highest BCUT2D eigenvalue weighted by atomic mass is 32.2. The van der Waals surface area contributed by atoms with Crippen molar-refractivity contribution in [2.24, 2.45) is 0 Å². The maximum Gasteiger partial charge on any atom is 0.243 e. The van der Waals surface area contributed by atoms with Gasteiger partial charge in [-0.15, -0.1) is 0 Å². The molecule has 1 fully saturated rings. The van der Waals surface area contributed by atoms with E-state index >= 15 is 0 Å². The van der Waals surface area contributed by atoms with Crippen LogP contribution in [0.15, 0.2) is 64.9 Å². The van der Waals surface area contributed by atoms with E-state index in [1.807, 2.05) is 12.3 Å². The Morgan fingerprint density at radius 1 is 1.07 bits per heavy atom. The van der Waals surface area contributed by atoms with Crippen molar-refractivity contribution >= 4 is 21.8 Å². The minimum Gasteiger partial charge on any atom is -0.379 e. The fraction of sp³-hybridized carbons (Fsp3) is 0.318. The second kappa shape index (κ2) is 8.93. The maximum atomic E-state index is 12.9. The van der Waals surface area contributed by atoms with E-state index in [0.29, 0.717) is 37.0 Å². The third-order valence-electron chi connectivity index (χ3n) is 4.97. The second-order valence-corrected chi connectivity index (χ2v) is 10.3. The molecule has 1 saturated heterocycles. The lowest BCUT2D eigenvalue weighted by Gasteiger charge is -2.26. The van der Waals surface area contributed by atoms with E-state index in [4.69, 9.17) is 4.74 Å². The third-order valence-corrected chi connectivity index (χ3v) is 7.90. The van der Waals surface area contributed by atoms with Crippen molar-refractivity contribution in [3.8, 4) is 5.69 Å². The average molecular weight is 444 g/mol. The van der Waals surface area contributed by atoms with Crippen LogP contribution < -0.4 is 0 Å². The molecule has 0 radical (unpaired) electrons. The molecule has 0 atom stereocenters. The van der Waals surface area contributed by atoms with Crippen LogP contribution in [0.2, 0.25) is 0 Å². The number of thioether (sulfide) groups is 1. The number of aryl methyl sites for hydroxylation is 2. The highest BCUT2D eigenvalue weighted by Crippen LogP contribution is 2.27. The molecule has 1 aliphatic heterocycles. The van der Waals surface area contributed by atoms with Crippen molar-refractivity contribution in [2.45, 2.75) is 29.7 Å². The maximum absolute atomic E-state index is 12.9. The van der Waals surface area contributed by atoms with Gasteiger partial charge in [0.15, 0.2) is 5.16 Å². The zero-order valence-electron chi connectivity index (χ0n) is 17.1. The van der Waals surface area contributed by atoms with E-state index in [1.54, 1.807) is 36.2 Å². The van der Waals surface area contributed by atoms with Crippen LogP contribution in [-0.4, -0.2) is 48.6 Å². The minimum absolute atomic E-state index is 0.333. The Labute approximate surface area is 181 Å². The first-order valence-electron chi connectivity index (χ1n) is 9.85. The predicted octanol–water partition coefficient (Wildman–Crippen LogP) is 3.80. The Kier molecular flexibility index (Phi) is 6.29. The molecular formula is C22H25N3O3S2. The number of benzene rings is 2. The smallest absolute Gasteiger partial charge is 0.243 e. The second-order valence-electron chi connectivity index (χ2n) is 7.38. The normalized spacial score (nSPS) is 15.4. The number of ether oxygens (including phenoxy) is 1. The highest BCUT2D eigenvalue weighted by molar-refractivity contribution is 7.98. The molecule has 0 bridgehead atoms. The molecule has 0 saturated carbocycles. The monoisotopic (exact) mass is 443 g/mol. The van der Waals surface area contributed by atoms with Crippen LogP contribution in [0.3, 0.4) is 0 Å². The van der Waals surface area contributed by atoms with Crippen molar-refractivity contribution < 1.29 is 13.2 Å². The SMILES string of the molecule is Cc1cc(C)cc(-n2ccnc2SCc2cccc(S(=O)(=O)N3CCOCC3)c2)c1. The average Bonchev–Trinajstić information content (AvgIpc) is 3.21. The zero-order valence-corrected chi connectivity index (χ0v) is 18.7. The van der Waals surface area contributed by atoms with Gasteiger partial charge >= 0.3 is 0 Å². The predicted molar refractivity (Wildman–Crippen MR) is 119 cm³/mol. The summed E-state index contributed by atoms with van der Waals surface area (Å²) in [4.78, 5) is 4.83. The van der Waals surface area contributed by atoms with Gasteiger partial charge in [0.25, 0.3) is 0 Å². The van der Waals surface area contributed by atoms with E-state index in [2.05, 4.69) is 41.6 Å². The number of imidazole rings is 1. The Morgan fingerprint density at radius 3 is 2.53 bits per heavy atom. The Bertz CT molecular complexity index is 1120. The largest absolute Gasteiger partial charge is 0.379 e. The summed E-state index contributed by atoms with van der Waals surface area (Å²) >= 11 is 1.59. The molecule has 3 aromatic rings. The van der Waals surface area contributed by atoms with Gasteiger partial charge in [-0.25, -0.2) is 13.4 Å². The number of hydrogen-bond donors (Lipinski definition) is 0. The summed E-state index contributed by atoms with van der Waals surface area (Å²) in [6.45, 7) is 5.84. The topological polar surface area (TPSA) is 64.4 Å². The molecule has 0 unspecified atom stereocenters. The molecular weight excluding hydrogens is 418 g/mol. The number of morpholine rings is 1. The van der Waals surface area contributed by atoms with Crippen molar-refractivity contribution in [3.05, 3.63) is 71.5 Å². The molecule has 0 N–H and O–H groups in total. The van der Waals surface area contributed by atoms with E-state index in [9.17, 15) is 8.42 Å². The first-order chi connectivity index (χ1) is 14.4. The summed E-state index contributed by atoms with van der Waals surface area (Å²) in [6.07, 6.45) is 3.75. The number of rotatable bonds is 6. The molecule has 158 valence electrons. The summed E-state index contributed by atoms with van der Waals surface area (Å²) < 4.78 is 34.7. The molecule has 0 spiro atoms. The first-order valence-corrected chi connectivity index (χ1v) is 12.3. The summed E-state index contributed by atoms with van der Waals surface area (Å²) in [5.74, 6) is 0.633. The number of hydrogen-bond acceptors (Lipinski definition) is 5. The van der Waals surface area contributed by atoms with Gasteiger partial charge in [0, 0.05) is 36.9 Å². The lowest BCUT2D eigenvalue weighted by Crippen LogP contribution is -2.40. The van der Waals surface area contributed by atoms with Gasteiger partial charge in [-0.3, -0.25) is 4.57 Å². The van der Waals surface area contributed by atoms with Crippen molar-refractivity contribution in [1.82, 2.24) is 13.9 Å². The number of aromatic nitrogens is 2. The van der Waals surface area contributed by atoms with E-state index < -0.39 is 10.0 Å². The molecule has 1 aliphatic rings. The molecule has 0 amide bonds. The summed E-state index contributed by atoms with van der Waals surface area (Å²) in [5.41, 5.74) is 4.44.